The van der Waals surface area contributed by atoms with Crippen LogP contribution < -0.4 is 5.43 Å². The van der Waals surface area contributed by atoms with Crippen LogP contribution in [-0.4, -0.2) is 11.8 Å². The molecule has 0 atom stereocenters. The van der Waals surface area contributed by atoms with Crippen molar-refractivity contribution in [2.24, 2.45) is 5.10 Å². The average Bonchev–Trinajstić information content (AvgIpc) is 2.18. The van der Waals surface area contributed by atoms with Crippen LogP contribution in [0.25, 0.3) is 0 Å². The SMILES string of the molecule is C=NNC(=C)O.CCCCCCCCC.[HH]. The summed E-state index contributed by atoms with van der Waals surface area (Å²) in [4.78, 5) is 0. The van der Waals surface area contributed by atoms with Crippen LogP contribution in [0.2, 0.25) is 0 Å². The van der Waals surface area contributed by atoms with Gasteiger partial charge in [-0.05, 0) is 6.58 Å². The Morgan fingerprint density at radius 2 is 1.53 bits per heavy atom. The van der Waals surface area contributed by atoms with Crippen molar-refractivity contribution in [1.82, 2.24) is 5.43 Å². The molecule has 92 valence electrons. The quantitative estimate of drug-likeness (QED) is 0.276. The Balaban J connectivity index is -0.000000214. The molecule has 0 radical (unpaired) electrons. The van der Waals surface area contributed by atoms with Crippen LogP contribution in [0.3, 0.4) is 0 Å². The Bertz CT molecular complexity index is 146. The van der Waals surface area contributed by atoms with E-state index in [1.807, 2.05) is 0 Å². The molecule has 0 aromatic rings. The summed E-state index contributed by atoms with van der Waals surface area (Å²) in [7, 11) is 0. The number of aliphatic hydroxyl groups excluding tert-OH is 1. The maximum absolute atomic E-state index is 8.11. The summed E-state index contributed by atoms with van der Waals surface area (Å²) < 4.78 is 0. The van der Waals surface area contributed by atoms with Crippen LogP contribution in [0, 0.1) is 0 Å². The average molecular weight is 216 g/mol. The van der Waals surface area contributed by atoms with Crippen LogP contribution >= 0.6 is 0 Å². The van der Waals surface area contributed by atoms with Crippen molar-refractivity contribution in [3.05, 3.63) is 12.5 Å². The number of hydrazone groups is 1. The lowest BCUT2D eigenvalue weighted by molar-refractivity contribution is 0.371. The largest absolute Gasteiger partial charge is 0.494 e. The summed E-state index contributed by atoms with van der Waals surface area (Å²) in [6.07, 6.45) is 9.97. The van der Waals surface area contributed by atoms with Gasteiger partial charge in [-0.1, -0.05) is 58.8 Å². The zero-order chi connectivity index (χ0) is 11.9. The number of hydrogen-bond acceptors (Lipinski definition) is 3. The van der Waals surface area contributed by atoms with Crippen molar-refractivity contribution in [2.45, 2.75) is 58.8 Å². The van der Waals surface area contributed by atoms with Crippen LogP contribution in [-0.2, 0) is 0 Å². The summed E-state index contributed by atoms with van der Waals surface area (Å²) in [6.45, 7) is 10.6. The fourth-order valence-corrected chi connectivity index (χ4v) is 1.12. The van der Waals surface area contributed by atoms with Gasteiger partial charge in [0.05, 0.1) is 0 Å². The summed E-state index contributed by atoms with van der Waals surface area (Å²) in [5.41, 5.74) is 2.08. The van der Waals surface area contributed by atoms with Crippen LogP contribution in [0.1, 0.15) is 60.2 Å². The Kier molecular flexibility index (Phi) is 17.0. The van der Waals surface area contributed by atoms with E-state index in [1.54, 1.807) is 0 Å². The topological polar surface area (TPSA) is 44.6 Å². The number of rotatable bonds is 8. The predicted octanol–water partition coefficient (Wildman–Crippen LogP) is 4.22. The first-order valence-corrected chi connectivity index (χ1v) is 5.78. The first kappa shape index (κ1) is 16.4. The molecule has 0 fully saturated rings. The Morgan fingerprint density at radius 1 is 1.13 bits per heavy atom. The molecule has 0 unspecified atom stereocenters. The molecule has 0 aliphatic heterocycles. The molecule has 0 aromatic carbocycles. The van der Waals surface area contributed by atoms with Gasteiger partial charge in [0.15, 0.2) is 5.88 Å². The van der Waals surface area contributed by atoms with Crippen molar-refractivity contribution in [1.29, 1.82) is 0 Å². The third-order valence-corrected chi connectivity index (χ3v) is 1.92. The molecule has 2 N–H and O–H groups in total. The van der Waals surface area contributed by atoms with E-state index in [9.17, 15) is 0 Å². The second-order valence-corrected chi connectivity index (χ2v) is 3.48. The lowest BCUT2D eigenvalue weighted by Crippen LogP contribution is -1.99. The van der Waals surface area contributed by atoms with Gasteiger partial charge in [-0.15, -0.1) is 0 Å². The van der Waals surface area contributed by atoms with Gasteiger partial charge in [0, 0.05) is 8.14 Å². The van der Waals surface area contributed by atoms with Gasteiger partial charge >= 0.3 is 0 Å². The van der Waals surface area contributed by atoms with E-state index in [2.05, 4.69) is 37.7 Å². The summed E-state index contributed by atoms with van der Waals surface area (Å²) in [5.74, 6) is -0.190. The molecule has 15 heavy (non-hydrogen) atoms. The van der Waals surface area contributed by atoms with Gasteiger partial charge in [0.2, 0.25) is 0 Å². The van der Waals surface area contributed by atoms with E-state index in [4.69, 9.17) is 5.11 Å². The molecule has 0 rings (SSSR count). The van der Waals surface area contributed by atoms with Crippen LogP contribution in [0.15, 0.2) is 17.6 Å². The van der Waals surface area contributed by atoms with Crippen molar-refractivity contribution in [3.8, 4) is 0 Å². The molecule has 3 heteroatoms. The highest BCUT2D eigenvalue weighted by Crippen LogP contribution is 2.05. The van der Waals surface area contributed by atoms with Gasteiger partial charge in [0.1, 0.15) is 0 Å². The molecular formula is C12H28N2O. The smallest absolute Gasteiger partial charge is 0.197 e. The van der Waals surface area contributed by atoms with Crippen molar-refractivity contribution >= 4 is 6.72 Å². The molecule has 0 aliphatic carbocycles. The van der Waals surface area contributed by atoms with Crippen LogP contribution in [0.4, 0.5) is 0 Å². The summed E-state index contributed by atoms with van der Waals surface area (Å²) in [6, 6.07) is 0. The van der Waals surface area contributed by atoms with Crippen molar-refractivity contribution < 1.29 is 6.53 Å². The number of hydrogen-bond donors (Lipinski definition) is 2. The highest BCUT2D eigenvalue weighted by atomic mass is 16.3. The van der Waals surface area contributed by atoms with Crippen molar-refractivity contribution in [3.63, 3.8) is 0 Å². The highest BCUT2D eigenvalue weighted by Gasteiger charge is 1.85. The monoisotopic (exact) mass is 216 g/mol. The Labute approximate surface area is 95.8 Å². The lowest BCUT2D eigenvalue weighted by atomic mass is 10.1. The maximum Gasteiger partial charge on any atom is 0.197 e. The second kappa shape index (κ2) is 15.5. The zero-order valence-electron chi connectivity index (χ0n) is 10.3. The third kappa shape index (κ3) is 24.6. The van der Waals surface area contributed by atoms with Gasteiger partial charge in [-0.25, -0.2) is 5.43 Å². The summed E-state index contributed by atoms with van der Waals surface area (Å²) in [5, 5.41) is 11.2. The fraction of sp³-hybridized carbons (Fsp3) is 0.750. The number of unbranched alkanes of at least 4 members (excludes halogenated alkanes) is 6. The van der Waals surface area contributed by atoms with E-state index in [0.29, 0.717) is 0 Å². The van der Waals surface area contributed by atoms with Gasteiger partial charge in [-0.3, -0.25) is 0 Å². The van der Waals surface area contributed by atoms with Gasteiger partial charge in [-0.2, -0.15) is 5.10 Å². The van der Waals surface area contributed by atoms with Crippen molar-refractivity contribution in [2.75, 3.05) is 0 Å². The third-order valence-electron chi connectivity index (χ3n) is 1.92. The van der Waals surface area contributed by atoms with E-state index in [-0.39, 0.29) is 7.31 Å². The van der Waals surface area contributed by atoms with Gasteiger partial charge in [0.25, 0.3) is 0 Å². The minimum Gasteiger partial charge on any atom is -0.494 e. The fourth-order valence-electron chi connectivity index (χ4n) is 1.12. The second-order valence-electron chi connectivity index (χ2n) is 3.48. The zero-order valence-corrected chi connectivity index (χ0v) is 10.3. The molecule has 0 saturated carbocycles. The molecule has 0 amide bonds. The molecule has 0 saturated heterocycles. The molecule has 0 heterocycles. The Morgan fingerprint density at radius 3 is 1.73 bits per heavy atom. The molecule has 0 bridgehead atoms. The first-order valence-electron chi connectivity index (χ1n) is 5.78. The molecular weight excluding hydrogens is 188 g/mol. The highest BCUT2D eigenvalue weighted by molar-refractivity contribution is 5.22. The molecule has 0 spiro atoms. The predicted molar refractivity (Wildman–Crippen MR) is 70.2 cm³/mol. The molecule has 0 aliphatic rings. The molecule has 3 nitrogen and oxygen atoms in total. The van der Waals surface area contributed by atoms with Gasteiger partial charge < -0.3 is 5.11 Å². The number of aliphatic hydroxyl groups is 1. The van der Waals surface area contributed by atoms with Crippen LogP contribution in [0.5, 0.6) is 0 Å². The lowest BCUT2D eigenvalue weighted by Gasteiger charge is -1.96. The molecule has 0 aromatic heterocycles. The first-order chi connectivity index (χ1) is 7.18. The van der Waals surface area contributed by atoms with E-state index in [1.165, 1.54) is 44.9 Å². The van der Waals surface area contributed by atoms with E-state index in [0.717, 1.165) is 0 Å². The number of nitrogens with zero attached hydrogens (tertiary/aromatic N) is 1. The minimum absolute atomic E-state index is 0. The minimum atomic E-state index is -0.190. The van der Waals surface area contributed by atoms with E-state index >= 15 is 0 Å². The maximum atomic E-state index is 8.11. The standard InChI is InChI=1S/C9H20.C3H6N2O.H2/c1-3-5-7-9-8-6-4-2;1-3(6)5-4-2;/h3-9H2,1-2H3;5-6H,1-2H2;1H. The van der Waals surface area contributed by atoms with E-state index < -0.39 is 0 Å². The summed E-state index contributed by atoms with van der Waals surface area (Å²) >= 11 is 0. The number of nitrogens with one attached hydrogen (secondary N) is 1. The Hall–Kier alpha value is -0.990. The normalized spacial score (nSPS) is 8.67.